The van der Waals surface area contributed by atoms with Crippen LogP contribution in [0.4, 0.5) is 0 Å². The molecule has 0 aliphatic rings. The van der Waals surface area contributed by atoms with Gasteiger partial charge in [-0.2, -0.15) is 10.2 Å². The molecule has 0 aliphatic carbocycles. The Morgan fingerprint density at radius 2 is 2.22 bits per heavy atom. The fourth-order valence-electron chi connectivity index (χ4n) is 1.82. The van der Waals surface area contributed by atoms with Crippen LogP contribution in [-0.2, 0) is 19.5 Å². The molecule has 2 heterocycles. The topological polar surface area (TPSA) is 72.9 Å². The largest absolute Gasteiger partial charge is 0.478 e. The van der Waals surface area contributed by atoms with Crippen molar-refractivity contribution in [3.63, 3.8) is 0 Å². The summed E-state index contributed by atoms with van der Waals surface area (Å²) in [4.78, 5) is 10.8. The monoisotopic (exact) mass is 248 g/mol. The highest BCUT2D eigenvalue weighted by Gasteiger charge is 2.09. The van der Waals surface area contributed by atoms with Gasteiger partial charge in [0, 0.05) is 12.7 Å². The molecule has 1 N–H and O–H groups in total. The molecule has 0 fully saturated rings. The smallest absolute Gasteiger partial charge is 0.338 e. The molecule has 0 atom stereocenters. The molecule has 0 saturated carbocycles. The number of carboxylic acid groups (broad SMARTS) is 1. The summed E-state index contributed by atoms with van der Waals surface area (Å²) in [6.45, 7) is 5.42. The quantitative estimate of drug-likeness (QED) is 0.868. The van der Waals surface area contributed by atoms with Gasteiger partial charge in [-0.1, -0.05) is 6.92 Å². The summed E-state index contributed by atoms with van der Waals surface area (Å²) in [5.41, 5.74) is 2.28. The minimum absolute atomic E-state index is 0.202. The summed E-state index contributed by atoms with van der Waals surface area (Å²) < 4.78 is 3.53. The number of aromatic carboxylic acids is 1. The molecule has 0 unspecified atom stereocenters. The van der Waals surface area contributed by atoms with E-state index in [-0.39, 0.29) is 5.56 Å². The summed E-state index contributed by atoms with van der Waals surface area (Å²) in [5.74, 6) is -0.959. The van der Waals surface area contributed by atoms with Crippen molar-refractivity contribution in [2.75, 3.05) is 0 Å². The van der Waals surface area contributed by atoms with E-state index in [2.05, 4.69) is 17.1 Å². The van der Waals surface area contributed by atoms with E-state index in [1.54, 1.807) is 4.68 Å². The Kier molecular flexibility index (Phi) is 3.45. The van der Waals surface area contributed by atoms with Crippen LogP contribution < -0.4 is 0 Å². The first-order chi connectivity index (χ1) is 8.63. The number of aromatic nitrogens is 4. The normalized spacial score (nSPS) is 10.8. The van der Waals surface area contributed by atoms with Crippen LogP contribution in [0.5, 0.6) is 0 Å². The lowest BCUT2D eigenvalue weighted by Gasteiger charge is -2.04. The predicted molar refractivity (Wildman–Crippen MR) is 65.6 cm³/mol. The molecule has 0 saturated heterocycles. The van der Waals surface area contributed by atoms with Gasteiger partial charge in [-0.15, -0.1) is 0 Å². The number of aryl methyl sites for hydroxylation is 2. The molecule has 6 heteroatoms. The number of nitrogens with zero attached hydrogens (tertiary/aromatic N) is 4. The van der Waals surface area contributed by atoms with Gasteiger partial charge in [0.05, 0.1) is 29.7 Å². The van der Waals surface area contributed by atoms with Gasteiger partial charge in [0.25, 0.3) is 0 Å². The maximum atomic E-state index is 10.8. The Labute approximate surface area is 105 Å². The predicted octanol–water partition coefficient (Wildman–Crippen LogP) is 1.41. The summed E-state index contributed by atoms with van der Waals surface area (Å²) in [6, 6.07) is 2.03. The highest BCUT2D eigenvalue weighted by atomic mass is 16.4. The van der Waals surface area contributed by atoms with Crippen molar-refractivity contribution in [3.8, 4) is 0 Å². The third-order valence-corrected chi connectivity index (χ3v) is 2.78. The number of hydrogen-bond donors (Lipinski definition) is 1. The zero-order valence-electron chi connectivity index (χ0n) is 10.5. The highest BCUT2D eigenvalue weighted by molar-refractivity contribution is 5.86. The van der Waals surface area contributed by atoms with Crippen molar-refractivity contribution in [2.24, 2.45) is 0 Å². The molecule has 96 valence electrons. The number of carboxylic acids is 1. The van der Waals surface area contributed by atoms with Crippen molar-refractivity contribution < 1.29 is 9.90 Å². The van der Waals surface area contributed by atoms with E-state index in [1.807, 2.05) is 17.7 Å². The van der Waals surface area contributed by atoms with E-state index in [1.165, 1.54) is 12.4 Å². The van der Waals surface area contributed by atoms with E-state index in [9.17, 15) is 4.79 Å². The average Bonchev–Trinajstić information content (AvgIpc) is 2.96. The molecule has 6 nitrogen and oxygen atoms in total. The molecule has 0 radical (unpaired) electrons. The molecule has 2 aromatic rings. The van der Waals surface area contributed by atoms with Gasteiger partial charge in [0.2, 0.25) is 0 Å². The minimum Gasteiger partial charge on any atom is -0.478 e. The van der Waals surface area contributed by atoms with Crippen molar-refractivity contribution >= 4 is 5.97 Å². The second kappa shape index (κ2) is 5.03. The summed E-state index contributed by atoms with van der Waals surface area (Å²) in [7, 11) is 0. The zero-order chi connectivity index (χ0) is 13.1. The molecule has 0 amide bonds. The second-order valence-corrected chi connectivity index (χ2v) is 4.03. The highest BCUT2D eigenvalue weighted by Crippen LogP contribution is 2.08. The Morgan fingerprint density at radius 3 is 2.78 bits per heavy atom. The van der Waals surface area contributed by atoms with E-state index < -0.39 is 5.97 Å². The van der Waals surface area contributed by atoms with E-state index in [4.69, 9.17) is 5.11 Å². The van der Waals surface area contributed by atoms with Gasteiger partial charge in [0.1, 0.15) is 0 Å². The fourth-order valence-corrected chi connectivity index (χ4v) is 1.82. The van der Waals surface area contributed by atoms with Crippen molar-refractivity contribution in [2.45, 2.75) is 33.4 Å². The number of rotatable bonds is 5. The van der Waals surface area contributed by atoms with Gasteiger partial charge < -0.3 is 5.11 Å². The first kappa shape index (κ1) is 12.3. The molecule has 0 spiro atoms. The number of carbonyl (C=O) groups is 1. The van der Waals surface area contributed by atoms with Crippen molar-refractivity contribution in [3.05, 3.63) is 35.4 Å². The van der Waals surface area contributed by atoms with Crippen LogP contribution in [0.1, 0.15) is 35.6 Å². The molecule has 0 bridgehead atoms. The SMILES string of the molecule is CCc1cc(Cn2cc(C(=O)O)cn2)n(CC)n1. The molecular weight excluding hydrogens is 232 g/mol. The van der Waals surface area contributed by atoms with E-state index >= 15 is 0 Å². The van der Waals surface area contributed by atoms with Crippen molar-refractivity contribution in [1.29, 1.82) is 0 Å². The zero-order valence-corrected chi connectivity index (χ0v) is 10.5. The van der Waals surface area contributed by atoms with Crippen LogP contribution in [0.25, 0.3) is 0 Å². The first-order valence-corrected chi connectivity index (χ1v) is 5.95. The lowest BCUT2D eigenvalue weighted by Crippen LogP contribution is -2.08. The van der Waals surface area contributed by atoms with Crippen LogP contribution in [-0.4, -0.2) is 30.6 Å². The van der Waals surface area contributed by atoms with Crippen LogP contribution in [0, 0.1) is 0 Å². The van der Waals surface area contributed by atoms with Gasteiger partial charge in [-0.3, -0.25) is 9.36 Å². The minimum atomic E-state index is -0.959. The standard InChI is InChI=1S/C12H16N4O2/c1-3-10-5-11(16(4-2)14-10)8-15-7-9(6-13-15)12(17)18/h5-7H,3-4,8H2,1-2H3,(H,17,18). The van der Waals surface area contributed by atoms with Gasteiger partial charge in [0.15, 0.2) is 0 Å². The van der Waals surface area contributed by atoms with E-state index in [0.717, 1.165) is 24.4 Å². The summed E-state index contributed by atoms with van der Waals surface area (Å²) in [6.07, 6.45) is 3.77. The molecule has 18 heavy (non-hydrogen) atoms. The maximum absolute atomic E-state index is 10.8. The number of hydrogen-bond acceptors (Lipinski definition) is 3. The fraction of sp³-hybridized carbons (Fsp3) is 0.417. The Balaban J connectivity index is 2.21. The Morgan fingerprint density at radius 1 is 1.44 bits per heavy atom. The molecule has 0 aromatic carbocycles. The second-order valence-electron chi connectivity index (χ2n) is 4.03. The van der Waals surface area contributed by atoms with Gasteiger partial charge in [-0.05, 0) is 19.4 Å². The lowest BCUT2D eigenvalue weighted by atomic mass is 10.3. The molecule has 2 rings (SSSR count). The van der Waals surface area contributed by atoms with E-state index in [0.29, 0.717) is 6.54 Å². The van der Waals surface area contributed by atoms with Crippen LogP contribution >= 0.6 is 0 Å². The maximum Gasteiger partial charge on any atom is 0.338 e. The van der Waals surface area contributed by atoms with Gasteiger partial charge >= 0.3 is 5.97 Å². The third-order valence-electron chi connectivity index (χ3n) is 2.78. The average molecular weight is 248 g/mol. The van der Waals surface area contributed by atoms with Crippen molar-refractivity contribution in [1.82, 2.24) is 19.6 Å². The Bertz CT molecular complexity index is 556. The lowest BCUT2D eigenvalue weighted by molar-refractivity contribution is 0.0697. The third kappa shape index (κ3) is 2.42. The Hall–Kier alpha value is -2.11. The molecular formula is C12H16N4O2. The molecule has 2 aromatic heterocycles. The van der Waals surface area contributed by atoms with Crippen LogP contribution in [0.2, 0.25) is 0 Å². The summed E-state index contributed by atoms with van der Waals surface area (Å²) >= 11 is 0. The van der Waals surface area contributed by atoms with Gasteiger partial charge in [-0.25, -0.2) is 4.79 Å². The first-order valence-electron chi connectivity index (χ1n) is 5.95. The van der Waals surface area contributed by atoms with Crippen LogP contribution in [0.3, 0.4) is 0 Å². The molecule has 0 aliphatic heterocycles. The summed E-state index contributed by atoms with van der Waals surface area (Å²) in [5, 5.41) is 17.3. The van der Waals surface area contributed by atoms with Crippen LogP contribution in [0.15, 0.2) is 18.5 Å².